The van der Waals surface area contributed by atoms with Crippen molar-refractivity contribution in [2.24, 2.45) is 0 Å². The van der Waals surface area contributed by atoms with Gasteiger partial charge in [0.05, 0.1) is 11.6 Å². The van der Waals surface area contributed by atoms with Crippen LogP contribution in [0, 0.1) is 32.1 Å². The highest BCUT2D eigenvalue weighted by molar-refractivity contribution is 6.30. The number of nitriles is 1. The summed E-state index contributed by atoms with van der Waals surface area (Å²) < 4.78 is 5.46. The van der Waals surface area contributed by atoms with E-state index in [-0.39, 0.29) is 5.78 Å². The van der Waals surface area contributed by atoms with Gasteiger partial charge in [0.25, 0.3) is 0 Å². The first-order chi connectivity index (χ1) is 9.45. The minimum Gasteiger partial charge on any atom is -0.466 e. The van der Waals surface area contributed by atoms with Gasteiger partial charge in [0.1, 0.15) is 17.4 Å². The van der Waals surface area contributed by atoms with Gasteiger partial charge in [-0.1, -0.05) is 23.7 Å². The molecule has 0 amide bonds. The van der Waals surface area contributed by atoms with E-state index in [2.05, 4.69) is 6.07 Å². The Kier molecular flexibility index (Phi) is 3.96. The molecule has 0 aliphatic carbocycles. The maximum atomic E-state index is 12.6. The SMILES string of the molecule is Cc1oc(C)c(C(=O)C(C#N)c2ccc(Cl)cc2)c1C. The molecule has 2 aromatic rings. The Morgan fingerprint density at radius 1 is 1.20 bits per heavy atom. The second kappa shape index (κ2) is 5.52. The lowest BCUT2D eigenvalue weighted by molar-refractivity contribution is 0.0977. The standard InChI is InChI=1S/C16H14ClNO2/c1-9-10(2)20-11(3)15(9)16(19)14(8-18)12-4-6-13(17)7-5-12/h4-7,14H,1-3H3. The molecule has 1 aromatic carbocycles. The Labute approximate surface area is 122 Å². The summed E-state index contributed by atoms with van der Waals surface area (Å²) in [5, 5.41) is 9.91. The van der Waals surface area contributed by atoms with Crippen molar-refractivity contribution < 1.29 is 9.21 Å². The third-order valence-electron chi connectivity index (χ3n) is 3.40. The molecule has 2 rings (SSSR count). The number of halogens is 1. The summed E-state index contributed by atoms with van der Waals surface area (Å²) >= 11 is 5.83. The minimum atomic E-state index is -0.846. The van der Waals surface area contributed by atoms with Crippen molar-refractivity contribution >= 4 is 17.4 Å². The predicted octanol–water partition coefficient (Wildman–Crippen LogP) is 4.35. The van der Waals surface area contributed by atoms with Crippen molar-refractivity contribution in [1.29, 1.82) is 5.26 Å². The van der Waals surface area contributed by atoms with E-state index in [0.717, 1.165) is 5.56 Å². The Bertz CT molecular complexity index is 693. The first-order valence-electron chi connectivity index (χ1n) is 6.21. The molecule has 102 valence electrons. The number of furan rings is 1. The molecule has 0 spiro atoms. The van der Waals surface area contributed by atoms with E-state index < -0.39 is 5.92 Å². The van der Waals surface area contributed by atoms with Crippen LogP contribution >= 0.6 is 11.6 Å². The summed E-state index contributed by atoms with van der Waals surface area (Å²) in [5.41, 5.74) is 1.94. The molecule has 0 N–H and O–H groups in total. The normalized spacial score (nSPS) is 11.9. The molecule has 0 bridgehead atoms. The lowest BCUT2D eigenvalue weighted by Gasteiger charge is -2.09. The van der Waals surface area contributed by atoms with E-state index in [1.807, 2.05) is 13.8 Å². The molecule has 1 aromatic heterocycles. The third kappa shape index (κ3) is 2.48. The monoisotopic (exact) mass is 287 g/mol. The topological polar surface area (TPSA) is 54.0 Å². The maximum absolute atomic E-state index is 12.6. The van der Waals surface area contributed by atoms with Gasteiger partial charge in [0, 0.05) is 10.6 Å². The summed E-state index contributed by atoms with van der Waals surface area (Å²) in [5.74, 6) is 0.182. The van der Waals surface area contributed by atoms with Crippen LogP contribution < -0.4 is 0 Å². The largest absolute Gasteiger partial charge is 0.466 e. The Morgan fingerprint density at radius 3 is 2.25 bits per heavy atom. The zero-order chi connectivity index (χ0) is 14.9. The molecular weight excluding hydrogens is 274 g/mol. The molecule has 1 unspecified atom stereocenters. The van der Waals surface area contributed by atoms with E-state index in [9.17, 15) is 10.1 Å². The third-order valence-corrected chi connectivity index (χ3v) is 3.65. The van der Waals surface area contributed by atoms with Crippen LogP contribution in [0.5, 0.6) is 0 Å². The van der Waals surface area contributed by atoms with Gasteiger partial charge in [-0.3, -0.25) is 4.79 Å². The molecule has 20 heavy (non-hydrogen) atoms. The van der Waals surface area contributed by atoms with Gasteiger partial charge >= 0.3 is 0 Å². The number of ketones is 1. The van der Waals surface area contributed by atoms with Gasteiger partial charge in [-0.05, 0) is 38.5 Å². The maximum Gasteiger partial charge on any atom is 0.188 e. The first-order valence-corrected chi connectivity index (χ1v) is 6.59. The second-order valence-electron chi connectivity index (χ2n) is 4.69. The molecule has 0 saturated carbocycles. The van der Waals surface area contributed by atoms with Crippen LogP contribution in [-0.4, -0.2) is 5.78 Å². The zero-order valence-corrected chi connectivity index (χ0v) is 12.3. The molecule has 0 aliphatic heterocycles. The highest BCUT2D eigenvalue weighted by Crippen LogP contribution is 2.28. The summed E-state index contributed by atoms with van der Waals surface area (Å²) in [6.07, 6.45) is 0. The molecule has 0 fully saturated rings. The fraction of sp³-hybridized carbons (Fsp3) is 0.250. The predicted molar refractivity (Wildman–Crippen MR) is 77.1 cm³/mol. The van der Waals surface area contributed by atoms with Gasteiger partial charge < -0.3 is 4.42 Å². The van der Waals surface area contributed by atoms with Crippen molar-refractivity contribution in [2.75, 3.05) is 0 Å². The number of aryl methyl sites for hydroxylation is 2. The van der Waals surface area contributed by atoms with Gasteiger partial charge in [-0.2, -0.15) is 5.26 Å². The molecular formula is C16H14ClNO2. The number of nitrogens with zero attached hydrogens (tertiary/aromatic N) is 1. The quantitative estimate of drug-likeness (QED) is 0.789. The Balaban J connectivity index is 2.45. The van der Waals surface area contributed by atoms with Crippen molar-refractivity contribution in [3.8, 4) is 6.07 Å². The highest BCUT2D eigenvalue weighted by Gasteiger charge is 2.27. The van der Waals surface area contributed by atoms with Crippen molar-refractivity contribution in [2.45, 2.75) is 26.7 Å². The molecule has 0 saturated heterocycles. The van der Waals surface area contributed by atoms with Crippen LogP contribution in [0.1, 0.15) is 38.9 Å². The van der Waals surface area contributed by atoms with Crippen molar-refractivity contribution in [3.05, 3.63) is 57.5 Å². The summed E-state index contributed by atoms with van der Waals surface area (Å²) in [6.45, 7) is 5.38. The fourth-order valence-corrected chi connectivity index (χ4v) is 2.37. The molecule has 1 heterocycles. The van der Waals surface area contributed by atoms with E-state index in [1.54, 1.807) is 31.2 Å². The summed E-state index contributed by atoms with van der Waals surface area (Å²) in [7, 11) is 0. The summed E-state index contributed by atoms with van der Waals surface area (Å²) in [6, 6.07) is 8.82. The minimum absolute atomic E-state index is 0.235. The number of Topliss-reactive ketones (excluding diaryl/α,β-unsaturated/α-hetero) is 1. The zero-order valence-electron chi connectivity index (χ0n) is 11.5. The molecule has 0 radical (unpaired) electrons. The molecule has 1 atom stereocenters. The van der Waals surface area contributed by atoms with Gasteiger partial charge in [-0.25, -0.2) is 0 Å². The van der Waals surface area contributed by atoms with Crippen LogP contribution in [0.25, 0.3) is 0 Å². The number of benzene rings is 1. The van der Waals surface area contributed by atoms with Crippen LogP contribution in [0.4, 0.5) is 0 Å². The van der Waals surface area contributed by atoms with E-state index >= 15 is 0 Å². The highest BCUT2D eigenvalue weighted by atomic mass is 35.5. The summed E-state index contributed by atoms with van der Waals surface area (Å²) in [4.78, 5) is 12.6. The van der Waals surface area contributed by atoms with Crippen LogP contribution in [-0.2, 0) is 0 Å². The van der Waals surface area contributed by atoms with Gasteiger partial charge in [0.2, 0.25) is 0 Å². The number of carbonyl (C=O) groups excluding carboxylic acids is 1. The average molecular weight is 288 g/mol. The van der Waals surface area contributed by atoms with E-state index in [4.69, 9.17) is 16.0 Å². The van der Waals surface area contributed by atoms with Gasteiger partial charge in [0.15, 0.2) is 5.78 Å². The Morgan fingerprint density at radius 2 is 1.80 bits per heavy atom. The molecule has 4 heteroatoms. The van der Waals surface area contributed by atoms with Crippen molar-refractivity contribution in [1.82, 2.24) is 0 Å². The average Bonchev–Trinajstić information content (AvgIpc) is 2.66. The number of carbonyl (C=O) groups is 1. The molecule has 0 aliphatic rings. The van der Waals surface area contributed by atoms with Crippen molar-refractivity contribution in [3.63, 3.8) is 0 Å². The lowest BCUT2D eigenvalue weighted by Crippen LogP contribution is -2.12. The van der Waals surface area contributed by atoms with Crippen LogP contribution in [0.2, 0.25) is 5.02 Å². The fourth-order valence-electron chi connectivity index (χ4n) is 2.24. The number of hydrogen-bond donors (Lipinski definition) is 0. The smallest absolute Gasteiger partial charge is 0.188 e. The molecule has 3 nitrogen and oxygen atoms in total. The van der Waals surface area contributed by atoms with Crippen LogP contribution in [0.15, 0.2) is 28.7 Å². The Hall–Kier alpha value is -2.05. The van der Waals surface area contributed by atoms with Gasteiger partial charge in [-0.15, -0.1) is 0 Å². The first kappa shape index (κ1) is 14.4. The van der Waals surface area contributed by atoms with E-state index in [0.29, 0.717) is 27.7 Å². The number of hydrogen-bond acceptors (Lipinski definition) is 3. The lowest BCUT2D eigenvalue weighted by atomic mass is 9.90. The van der Waals surface area contributed by atoms with Crippen LogP contribution in [0.3, 0.4) is 0 Å². The number of rotatable bonds is 3. The second-order valence-corrected chi connectivity index (χ2v) is 5.13. The van der Waals surface area contributed by atoms with E-state index in [1.165, 1.54) is 0 Å².